The van der Waals surface area contributed by atoms with Crippen LogP contribution in [0.25, 0.3) is 0 Å². The van der Waals surface area contributed by atoms with Gasteiger partial charge in [-0.3, -0.25) is 9.69 Å². The number of carboxylic acid groups (broad SMARTS) is 1. The van der Waals surface area contributed by atoms with E-state index in [-0.39, 0.29) is 31.4 Å². The molecular weight excluding hydrogens is 256 g/mol. The molecule has 0 radical (unpaired) electrons. The first-order valence-electron chi connectivity index (χ1n) is 5.37. The van der Waals surface area contributed by atoms with Crippen LogP contribution in [0.2, 0.25) is 0 Å². The number of piperazine rings is 1. The quantitative estimate of drug-likeness (QED) is 0.608. The molecule has 0 unspecified atom stereocenters. The van der Waals surface area contributed by atoms with Crippen LogP contribution in [-0.4, -0.2) is 51.5 Å². The summed E-state index contributed by atoms with van der Waals surface area (Å²) in [5, 5.41) is 19.2. The topological polar surface area (TPSA) is 117 Å². The number of nitro groups is 1. The molecule has 2 amide bonds. The van der Waals surface area contributed by atoms with E-state index < -0.39 is 11.0 Å². The smallest absolute Gasteiger partial charge is 0.407 e. The van der Waals surface area contributed by atoms with Crippen molar-refractivity contribution < 1.29 is 19.6 Å². The Bertz CT molecular complexity index is 529. The van der Waals surface area contributed by atoms with Gasteiger partial charge in [0.2, 0.25) is 5.91 Å². The molecule has 9 nitrogen and oxygen atoms in total. The number of carbonyl (C=O) groups excluding carboxylic acids is 1. The van der Waals surface area contributed by atoms with Gasteiger partial charge in [0.25, 0.3) is 0 Å². The van der Waals surface area contributed by atoms with Crippen LogP contribution in [0.3, 0.4) is 0 Å². The molecule has 0 aromatic carbocycles. The van der Waals surface area contributed by atoms with Crippen LogP contribution in [-0.2, 0) is 4.79 Å². The van der Waals surface area contributed by atoms with Gasteiger partial charge in [-0.1, -0.05) is 0 Å². The van der Waals surface area contributed by atoms with Crippen LogP contribution in [0.1, 0.15) is 0 Å². The monoisotopic (exact) mass is 266 g/mol. The molecule has 1 aromatic rings. The van der Waals surface area contributed by atoms with E-state index in [2.05, 4.69) is 4.98 Å². The number of anilines is 1. The molecule has 1 fully saturated rings. The van der Waals surface area contributed by atoms with Crippen molar-refractivity contribution in [1.82, 2.24) is 9.88 Å². The zero-order valence-electron chi connectivity index (χ0n) is 9.72. The molecule has 0 saturated carbocycles. The van der Waals surface area contributed by atoms with Gasteiger partial charge in [-0.05, 0) is 16.0 Å². The van der Waals surface area contributed by atoms with Crippen molar-refractivity contribution in [2.45, 2.75) is 0 Å². The van der Waals surface area contributed by atoms with Gasteiger partial charge >= 0.3 is 11.9 Å². The Morgan fingerprint density at radius 3 is 2.63 bits per heavy atom. The third-order valence-corrected chi connectivity index (χ3v) is 2.72. The minimum absolute atomic E-state index is 0.193. The van der Waals surface area contributed by atoms with Crippen molar-refractivity contribution in [3.8, 4) is 0 Å². The molecule has 1 aliphatic rings. The number of aromatic nitrogens is 1. The largest absolute Gasteiger partial charge is 0.465 e. The second-order valence-corrected chi connectivity index (χ2v) is 3.88. The van der Waals surface area contributed by atoms with Crippen LogP contribution in [0.5, 0.6) is 0 Å². The molecule has 19 heavy (non-hydrogen) atoms. The lowest BCUT2D eigenvalue weighted by atomic mass is 10.2. The van der Waals surface area contributed by atoms with E-state index >= 15 is 0 Å². The van der Waals surface area contributed by atoms with Crippen LogP contribution in [0.15, 0.2) is 18.3 Å². The Kier molecular flexibility index (Phi) is 3.27. The average molecular weight is 266 g/mol. The van der Waals surface area contributed by atoms with Crippen molar-refractivity contribution in [2.75, 3.05) is 24.5 Å². The summed E-state index contributed by atoms with van der Waals surface area (Å²) in [7, 11) is 0. The first-order chi connectivity index (χ1) is 8.99. The molecule has 1 N–H and O–H groups in total. The lowest BCUT2D eigenvalue weighted by molar-refractivity contribution is -0.389. The Morgan fingerprint density at radius 1 is 1.42 bits per heavy atom. The molecule has 1 aliphatic heterocycles. The molecule has 9 heteroatoms. The summed E-state index contributed by atoms with van der Waals surface area (Å²) in [6.07, 6.45) is 0.0850. The highest BCUT2D eigenvalue weighted by atomic mass is 16.6. The number of hydrogen-bond donors (Lipinski definition) is 1. The number of pyridine rings is 1. The Labute approximate surface area is 107 Å². The van der Waals surface area contributed by atoms with Gasteiger partial charge in [0.05, 0.1) is 5.69 Å². The van der Waals surface area contributed by atoms with Gasteiger partial charge < -0.3 is 20.1 Å². The van der Waals surface area contributed by atoms with Crippen molar-refractivity contribution in [3.05, 3.63) is 28.4 Å². The second kappa shape index (κ2) is 4.88. The van der Waals surface area contributed by atoms with Crippen LogP contribution in [0, 0.1) is 10.1 Å². The maximum atomic E-state index is 11.8. The number of hydrogen-bond acceptors (Lipinski definition) is 5. The fourth-order valence-corrected chi connectivity index (χ4v) is 1.76. The minimum Gasteiger partial charge on any atom is -0.465 e. The summed E-state index contributed by atoms with van der Waals surface area (Å²) in [4.78, 5) is 38.3. The first kappa shape index (κ1) is 12.7. The van der Waals surface area contributed by atoms with Gasteiger partial charge in [0.1, 0.15) is 6.54 Å². The van der Waals surface area contributed by atoms with E-state index in [4.69, 9.17) is 5.11 Å². The standard InChI is InChI=1S/C10H10N4O5/c15-9-6-12(10(16)17)3-4-13(9)7-1-2-8(11-5-7)14(18)19/h1-2,5H,3-4,6H2,(H,16,17). The van der Waals surface area contributed by atoms with Crippen molar-refractivity contribution in [2.24, 2.45) is 0 Å². The number of rotatable bonds is 2. The maximum Gasteiger partial charge on any atom is 0.407 e. The summed E-state index contributed by atoms with van der Waals surface area (Å²) in [6.45, 7) is 0.162. The van der Waals surface area contributed by atoms with E-state index in [1.807, 2.05) is 0 Å². The Hall–Kier alpha value is -2.71. The van der Waals surface area contributed by atoms with Gasteiger partial charge in [-0.2, -0.15) is 0 Å². The third kappa shape index (κ3) is 2.59. The van der Waals surface area contributed by atoms with E-state index in [1.165, 1.54) is 23.2 Å². The summed E-state index contributed by atoms with van der Waals surface area (Å²) >= 11 is 0. The molecular formula is C10H10N4O5. The molecule has 0 atom stereocenters. The van der Waals surface area contributed by atoms with E-state index in [9.17, 15) is 19.7 Å². The molecule has 2 rings (SSSR count). The zero-order valence-corrected chi connectivity index (χ0v) is 9.72. The third-order valence-electron chi connectivity index (χ3n) is 2.72. The summed E-state index contributed by atoms with van der Waals surface area (Å²) in [6, 6.07) is 2.62. The lowest BCUT2D eigenvalue weighted by Crippen LogP contribution is -2.52. The highest BCUT2D eigenvalue weighted by molar-refractivity contribution is 5.97. The molecule has 0 aliphatic carbocycles. The number of amides is 2. The summed E-state index contributed by atoms with van der Waals surface area (Å²) in [5.41, 5.74) is 0.417. The summed E-state index contributed by atoms with van der Waals surface area (Å²) in [5.74, 6) is -0.690. The van der Waals surface area contributed by atoms with Crippen molar-refractivity contribution >= 4 is 23.5 Å². The predicted molar refractivity (Wildman–Crippen MR) is 62.8 cm³/mol. The van der Waals surface area contributed by atoms with Crippen LogP contribution in [0.4, 0.5) is 16.3 Å². The van der Waals surface area contributed by atoms with Crippen molar-refractivity contribution in [3.63, 3.8) is 0 Å². The van der Waals surface area contributed by atoms with Crippen LogP contribution >= 0.6 is 0 Å². The molecule has 0 spiro atoms. The molecule has 0 bridgehead atoms. The highest BCUT2D eigenvalue weighted by Gasteiger charge is 2.28. The fourth-order valence-electron chi connectivity index (χ4n) is 1.76. The molecule has 2 heterocycles. The van der Waals surface area contributed by atoms with Crippen molar-refractivity contribution in [1.29, 1.82) is 0 Å². The second-order valence-electron chi connectivity index (χ2n) is 3.88. The SMILES string of the molecule is O=C(O)N1CCN(c2ccc([N+](=O)[O-])nc2)C(=O)C1. The lowest BCUT2D eigenvalue weighted by Gasteiger charge is -2.32. The zero-order chi connectivity index (χ0) is 14.0. The Morgan fingerprint density at radius 2 is 2.16 bits per heavy atom. The van der Waals surface area contributed by atoms with Crippen LogP contribution < -0.4 is 4.90 Å². The van der Waals surface area contributed by atoms with E-state index in [1.54, 1.807) is 0 Å². The highest BCUT2D eigenvalue weighted by Crippen LogP contribution is 2.18. The normalized spacial score (nSPS) is 15.5. The fraction of sp³-hybridized carbons (Fsp3) is 0.300. The van der Waals surface area contributed by atoms with Gasteiger partial charge in [-0.15, -0.1) is 0 Å². The van der Waals surface area contributed by atoms with Gasteiger partial charge in [0, 0.05) is 19.2 Å². The van der Waals surface area contributed by atoms with Gasteiger partial charge in [0.15, 0.2) is 6.20 Å². The average Bonchev–Trinajstić information content (AvgIpc) is 2.38. The number of nitrogens with zero attached hydrogens (tertiary/aromatic N) is 4. The molecule has 100 valence electrons. The summed E-state index contributed by atoms with van der Waals surface area (Å²) < 4.78 is 0. The van der Waals surface area contributed by atoms with E-state index in [0.29, 0.717) is 5.69 Å². The molecule has 1 saturated heterocycles. The maximum absolute atomic E-state index is 11.8. The van der Waals surface area contributed by atoms with Gasteiger partial charge in [-0.25, -0.2) is 4.79 Å². The van der Waals surface area contributed by atoms with E-state index in [0.717, 1.165) is 4.90 Å². The predicted octanol–water partition coefficient (Wildman–Crippen LogP) is 0.316. The molecule has 1 aromatic heterocycles. The minimum atomic E-state index is -1.14. The Balaban J connectivity index is 2.13. The first-order valence-corrected chi connectivity index (χ1v) is 5.37. The number of carbonyl (C=O) groups is 2.